The van der Waals surface area contributed by atoms with E-state index in [0.717, 1.165) is 33.3 Å². The number of nitrogens with one attached hydrogen (secondary N) is 1. The van der Waals surface area contributed by atoms with E-state index in [1.165, 1.54) is 24.3 Å². The number of amides is 1. The smallest absolute Gasteiger partial charge is 0.269 e. The number of non-ortho nitro benzene ring substituents is 1. The van der Waals surface area contributed by atoms with Gasteiger partial charge in [-0.1, -0.05) is 18.2 Å². The number of anilines is 2. The topological polar surface area (TPSA) is 110 Å². The Labute approximate surface area is 201 Å². The van der Waals surface area contributed by atoms with Crippen LogP contribution in [0.3, 0.4) is 0 Å². The minimum atomic E-state index is -3.80. The Morgan fingerprint density at radius 2 is 1.51 bits per heavy atom. The van der Waals surface area contributed by atoms with Crippen LogP contribution in [0.15, 0.2) is 82.6 Å². The summed E-state index contributed by atoms with van der Waals surface area (Å²) in [6.07, 6.45) is 0. The molecule has 0 aliphatic carbocycles. The van der Waals surface area contributed by atoms with Crippen LogP contribution in [0, 0.1) is 17.0 Å². The maximum atomic E-state index is 12.9. The summed E-state index contributed by atoms with van der Waals surface area (Å²) in [6, 6.07) is 19.1. The standard InChI is InChI=1S/C26H21N3O5S/c1-16-3-12-21-25-22(27-26(21)30)13-14-23(24(16)25)28(2)15-17-4-8-19(9-5-17)35(33,34)20-10-6-18(7-11-20)29(31)32/h3-14H,15H2,1-2H3,(H,27,30). The molecule has 0 unspecified atom stereocenters. The van der Waals surface area contributed by atoms with Gasteiger partial charge < -0.3 is 10.2 Å². The van der Waals surface area contributed by atoms with E-state index in [0.29, 0.717) is 12.1 Å². The first-order chi connectivity index (χ1) is 16.7. The van der Waals surface area contributed by atoms with Crippen LogP contribution in [0.4, 0.5) is 17.1 Å². The summed E-state index contributed by atoms with van der Waals surface area (Å²) >= 11 is 0. The predicted octanol–water partition coefficient (Wildman–Crippen LogP) is 5.09. The third-order valence-corrected chi connectivity index (χ3v) is 8.05. The second kappa shape index (κ2) is 8.21. The zero-order valence-corrected chi connectivity index (χ0v) is 19.8. The van der Waals surface area contributed by atoms with Crippen LogP contribution in [0.25, 0.3) is 10.8 Å². The van der Waals surface area contributed by atoms with Gasteiger partial charge in [-0.3, -0.25) is 14.9 Å². The molecule has 0 radical (unpaired) electrons. The molecule has 0 saturated carbocycles. The Balaban J connectivity index is 1.42. The molecule has 0 atom stereocenters. The number of aryl methyl sites for hydroxylation is 1. The predicted molar refractivity (Wildman–Crippen MR) is 134 cm³/mol. The van der Waals surface area contributed by atoms with Gasteiger partial charge in [0.1, 0.15) is 0 Å². The summed E-state index contributed by atoms with van der Waals surface area (Å²) in [5.74, 6) is -0.102. The lowest BCUT2D eigenvalue weighted by Gasteiger charge is -2.23. The van der Waals surface area contributed by atoms with Crippen molar-refractivity contribution in [3.8, 4) is 0 Å². The largest absolute Gasteiger partial charge is 0.370 e. The van der Waals surface area contributed by atoms with Crippen LogP contribution in [-0.4, -0.2) is 26.3 Å². The lowest BCUT2D eigenvalue weighted by atomic mass is 9.98. The lowest BCUT2D eigenvalue weighted by molar-refractivity contribution is -0.384. The van der Waals surface area contributed by atoms with Crippen molar-refractivity contribution in [1.82, 2.24) is 0 Å². The Morgan fingerprint density at radius 1 is 0.886 bits per heavy atom. The van der Waals surface area contributed by atoms with Gasteiger partial charge in [0.15, 0.2) is 0 Å². The van der Waals surface area contributed by atoms with Gasteiger partial charge in [0.25, 0.3) is 11.6 Å². The molecule has 0 aromatic heterocycles. The average Bonchev–Trinajstić information content (AvgIpc) is 3.17. The third kappa shape index (κ3) is 3.79. The van der Waals surface area contributed by atoms with Gasteiger partial charge in [0.2, 0.25) is 9.84 Å². The highest BCUT2D eigenvalue weighted by Gasteiger charge is 2.24. The quantitative estimate of drug-likeness (QED) is 0.300. The van der Waals surface area contributed by atoms with Crippen LogP contribution in [-0.2, 0) is 16.4 Å². The lowest BCUT2D eigenvalue weighted by Crippen LogP contribution is -2.17. The molecular weight excluding hydrogens is 466 g/mol. The molecule has 4 aromatic carbocycles. The molecule has 35 heavy (non-hydrogen) atoms. The monoisotopic (exact) mass is 487 g/mol. The van der Waals surface area contributed by atoms with Crippen molar-refractivity contribution in [3.63, 3.8) is 0 Å². The van der Waals surface area contributed by atoms with E-state index in [9.17, 15) is 23.3 Å². The number of nitro benzene ring substituents is 1. The number of sulfone groups is 1. The van der Waals surface area contributed by atoms with E-state index in [1.807, 2.05) is 38.2 Å². The number of carbonyl (C=O) groups is 1. The Hall–Kier alpha value is -4.24. The van der Waals surface area contributed by atoms with Crippen molar-refractivity contribution < 1.29 is 18.1 Å². The number of nitrogens with zero attached hydrogens (tertiary/aromatic N) is 2. The summed E-state index contributed by atoms with van der Waals surface area (Å²) < 4.78 is 25.9. The van der Waals surface area contributed by atoms with Crippen molar-refractivity contribution in [2.45, 2.75) is 23.3 Å². The molecule has 9 heteroatoms. The Bertz CT molecular complexity index is 1610. The molecular formula is C26H21N3O5S. The van der Waals surface area contributed by atoms with Gasteiger partial charge >= 0.3 is 0 Å². The molecule has 0 saturated heterocycles. The van der Waals surface area contributed by atoms with E-state index in [4.69, 9.17) is 0 Å². The summed E-state index contributed by atoms with van der Waals surface area (Å²) in [4.78, 5) is 24.7. The number of hydrogen-bond acceptors (Lipinski definition) is 6. The van der Waals surface area contributed by atoms with E-state index in [-0.39, 0.29) is 21.4 Å². The van der Waals surface area contributed by atoms with E-state index in [2.05, 4.69) is 10.2 Å². The number of hydrogen-bond donors (Lipinski definition) is 1. The summed E-state index contributed by atoms with van der Waals surface area (Å²) in [7, 11) is -1.84. The minimum Gasteiger partial charge on any atom is -0.370 e. The Kier molecular flexibility index (Phi) is 5.29. The molecule has 176 valence electrons. The van der Waals surface area contributed by atoms with Crippen molar-refractivity contribution in [2.24, 2.45) is 0 Å². The molecule has 1 aliphatic heterocycles. The highest BCUT2D eigenvalue weighted by atomic mass is 32.2. The fraction of sp³-hybridized carbons (Fsp3) is 0.115. The Morgan fingerprint density at radius 3 is 2.14 bits per heavy atom. The summed E-state index contributed by atoms with van der Waals surface area (Å²) in [5.41, 5.74) is 4.25. The second-order valence-corrected chi connectivity index (χ2v) is 10.5. The maximum Gasteiger partial charge on any atom is 0.269 e. The number of carbonyl (C=O) groups excluding carboxylic acids is 1. The van der Waals surface area contributed by atoms with E-state index >= 15 is 0 Å². The molecule has 0 fully saturated rings. The molecule has 1 amide bonds. The first kappa shape index (κ1) is 22.5. The van der Waals surface area contributed by atoms with Gasteiger partial charge in [0.05, 0.1) is 14.7 Å². The van der Waals surface area contributed by atoms with Crippen LogP contribution in [0.2, 0.25) is 0 Å². The van der Waals surface area contributed by atoms with Gasteiger partial charge in [0, 0.05) is 53.4 Å². The molecule has 4 aromatic rings. The van der Waals surface area contributed by atoms with Crippen molar-refractivity contribution in [2.75, 3.05) is 17.3 Å². The number of nitro groups is 1. The van der Waals surface area contributed by atoms with Crippen LogP contribution < -0.4 is 10.2 Å². The maximum absolute atomic E-state index is 12.9. The highest BCUT2D eigenvalue weighted by molar-refractivity contribution is 7.91. The SMILES string of the molecule is Cc1ccc2c3c(ccc(N(C)Cc4ccc(S(=O)(=O)c5ccc([N+](=O)[O-])cc5)cc4)c13)NC2=O. The summed E-state index contributed by atoms with van der Waals surface area (Å²) in [6.45, 7) is 2.54. The highest BCUT2D eigenvalue weighted by Crippen LogP contribution is 2.40. The third-order valence-electron chi connectivity index (χ3n) is 6.26. The first-order valence-electron chi connectivity index (χ1n) is 10.8. The molecule has 0 spiro atoms. The first-order valence-corrected chi connectivity index (χ1v) is 12.3. The van der Waals surface area contributed by atoms with Gasteiger partial charge in [-0.25, -0.2) is 8.42 Å². The van der Waals surface area contributed by atoms with Crippen molar-refractivity contribution in [3.05, 3.63) is 99.6 Å². The van der Waals surface area contributed by atoms with Crippen LogP contribution in [0.1, 0.15) is 21.5 Å². The summed E-state index contributed by atoms with van der Waals surface area (Å²) in [5, 5.41) is 15.7. The van der Waals surface area contributed by atoms with Crippen LogP contribution >= 0.6 is 0 Å². The van der Waals surface area contributed by atoms with Gasteiger partial charge in [-0.15, -0.1) is 0 Å². The molecule has 1 aliphatic rings. The average molecular weight is 488 g/mol. The minimum absolute atomic E-state index is 0.000476. The normalized spacial score (nSPS) is 12.6. The molecule has 0 bridgehead atoms. The number of rotatable bonds is 6. The fourth-order valence-corrected chi connectivity index (χ4v) is 5.72. The fourth-order valence-electron chi connectivity index (χ4n) is 4.46. The van der Waals surface area contributed by atoms with E-state index < -0.39 is 14.8 Å². The van der Waals surface area contributed by atoms with Crippen molar-refractivity contribution in [1.29, 1.82) is 0 Å². The molecule has 5 rings (SSSR count). The molecule has 1 heterocycles. The van der Waals surface area contributed by atoms with Crippen LogP contribution in [0.5, 0.6) is 0 Å². The zero-order valence-electron chi connectivity index (χ0n) is 19.0. The second-order valence-electron chi connectivity index (χ2n) is 8.52. The molecule has 1 N–H and O–H groups in total. The molecule has 8 nitrogen and oxygen atoms in total. The number of benzene rings is 4. The van der Waals surface area contributed by atoms with Gasteiger partial charge in [-0.05, 0) is 60.5 Å². The van der Waals surface area contributed by atoms with Gasteiger partial charge in [-0.2, -0.15) is 0 Å². The zero-order chi connectivity index (χ0) is 24.9. The van der Waals surface area contributed by atoms with E-state index in [1.54, 1.807) is 24.3 Å². The van der Waals surface area contributed by atoms with Crippen molar-refractivity contribution >= 4 is 43.6 Å².